The lowest BCUT2D eigenvalue weighted by atomic mass is 9.98. The van der Waals surface area contributed by atoms with E-state index in [1.54, 1.807) is 24.3 Å². The van der Waals surface area contributed by atoms with Gasteiger partial charge in [0.25, 0.3) is 0 Å². The molecule has 0 aliphatic heterocycles. The first-order valence-corrected chi connectivity index (χ1v) is 6.61. The first-order chi connectivity index (χ1) is 8.97. The molecule has 0 bridgehead atoms. The highest BCUT2D eigenvalue weighted by Crippen LogP contribution is 2.29. The number of aryl methyl sites for hydroxylation is 1. The zero-order valence-corrected chi connectivity index (χ0v) is 11.8. The Morgan fingerprint density at radius 2 is 1.89 bits per heavy atom. The molecule has 0 aromatic heterocycles. The molecule has 2 aromatic carbocycles. The van der Waals surface area contributed by atoms with Gasteiger partial charge in [0.05, 0.1) is 6.10 Å². The Balaban J connectivity index is 2.25. The molecule has 1 nitrogen and oxygen atoms in total. The highest BCUT2D eigenvalue weighted by Gasteiger charge is 2.14. The molecule has 0 saturated carbocycles. The van der Waals surface area contributed by atoms with Gasteiger partial charge in [0, 0.05) is 22.0 Å². The van der Waals surface area contributed by atoms with Crippen molar-refractivity contribution in [2.45, 2.75) is 19.4 Å². The number of benzene rings is 2. The van der Waals surface area contributed by atoms with E-state index in [-0.39, 0.29) is 5.82 Å². The van der Waals surface area contributed by atoms with Crippen molar-refractivity contribution < 1.29 is 9.50 Å². The van der Waals surface area contributed by atoms with E-state index in [0.717, 1.165) is 11.1 Å². The molecule has 19 heavy (non-hydrogen) atoms. The van der Waals surface area contributed by atoms with Crippen molar-refractivity contribution in [1.29, 1.82) is 0 Å². The van der Waals surface area contributed by atoms with Crippen molar-refractivity contribution in [3.63, 3.8) is 0 Å². The van der Waals surface area contributed by atoms with Crippen LogP contribution in [0.25, 0.3) is 0 Å². The fourth-order valence-electron chi connectivity index (χ4n) is 1.98. The van der Waals surface area contributed by atoms with E-state index in [0.29, 0.717) is 22.0 Å². The lowest BCUT2D eigenvalue weighted by Gasteiger charge is -2.14. The Labute approximate surface area is 121 Å². The maximum Gasteiger partial charge on any atom is 0.123 e. The molecule has 0 spiro atoms. The van der Waals surface area contributed by atoms with Crippen molar-refractivity contribution in [3.05, 3.63) is 69.0 Å². The molecule has 0 heterocycles. The average molecular weight is 299 g/mol. The summed E-state index contributed by atoms with van der Waals surface area (Å²) in [5.41, 5.74) is 2.26. The van der Waals surface area contributed by atoms with Gasteiger partial charge in [0.2, 0.25) is 0 Å². The predicted molar refractivity (Wildman–Crippen MR) is 76.3 cm³/mol. The summed E-state index contributed by atoms with van der Waals surface area (Å²) in [7, 11) is 0. The van der Waals surface area contributed by atoms with Crippen LogP contribution in [0, 0.1) is 12.7 Å². The number of halogens is 3. The molecule has 0 fully saturated rings. The smallest absolute Gasteiger partial charge is 0.123 e. The molecule has 2 rings (SSSR count). The summed E-state index contributed by atoms with van der Waals surface area (Å²) in [4.78, 5) is 0. The summed E-state index contributed by atoms with van der Waals surface area (Å²) >= 11 is 11.9. The SMILES string of the molecule is Cc1cc(F)ccc1CC(O)c1cc(Cl)ccc1Cl. The second kappa shape index (κ2) is 5.91. The molecule has 0 aliphatic carbocycles. The minimum absolute atomic E-state index is 0.281. The Morgan fingerprint density at radius 1 is 1.16 bits per heavy atom. The Morgan fingerprint density at radius 3 is 2.58 bits per heavy atom. The summed E-state index contributed by atoms with van der Waals surface area (Å²) in [6.07, 6.45) is -0.401. The first-order valence-electron chi connectivity index (χ1n) is 5.85. The van der Waals surface area contributed by atoms with Crippen LogP contribution in [-0.2, 0) is 6.42 Å². The lowest BCUT2D eigenvalue weighted by molar-refractivity contribution is 0.178. The molecule has 4 heteroatoms. The minimum atomic E-state index is -0.768. The van der Waals surface area contributed by atoms with Crippen molar-refractivity contribution in [2.75, 3.05) is 0 Å². The van der Waals surface area contributed by atoms with Gasteiger partial charge in [0.15, 0.2) is 0 Å². The van der Waals surface area contributed by atoms with E-state index in [1.165, 1.54) is 12.1 Å². The van der Waals surface area contributed by atoms with Gasteiger partial charge in [0.1, 0.15) is 5.82 Å². The molecule has 100 valence electrons. The zero-order valence-electron chi connectivity index (χ0n) is 10.3. The van der Waals surface area contributed by atoms with Crippen molar-refractivity contribution in [1.82, 2.24) is 0 Å². The Bertz CT molecular complexity index is 599. The fourth-order valence-corrected chi connectivity index (χ4v) is 2.40. The molecule has 1 unspecified atom stereocenters. The van der Waals surface area contributed by atoms with Gasteiger partial charge in [-0.25, -0.2) is 4.39 Å². The highest BCUT2D eigenvalue weighted by atomic mass is 35.5. The van der Waals surface area contributed by atoms with Crippen LogP contribution in [-0.4, -0.2) is 5.11 Å². The van der Waals surface area contributed by atoms with E-state index in [4.69, 9.17) is 23.2 Å². The quantitative estimate of drug-likeness (QED) is 0.869. The monoisotopic (exact) mass is 298 g/mol. The van der Waals surface area contributed by atoms with Crippen LogP contribution in [0.15, 0.2) is 36.4 Å². The summed E-state index contributed by atoms with van der Waals surface area (Å²) in [6, 6.07) is 9.47. The van der Waals surface area contributed by atoms with Crippen molar-refractivity contribution in [3.8, 4) is 0 Å². The van der Waals surface area contributed by atoms with Gasteiger partial charge in [-0.2, -0.15) is 0 Å². The number of hydrogen-bond acceptors (Lipinski definition) is 1. The van der Waals surface area contributed by atoms with Gasteiger partial charge in [-0.05, 0) is 48.4 Å². The van der Waals surface area contributed by atoms with Gasteiger partial charge < -0.3 is 5.11 Å². The summed E-state index contributed by atoms with van der Waals surface area (Å²) in [5.74, 6) is -0.281. The number of aliphatic hydroxyl groups is 1. The van der Waals surface area contributed by atoms with Crippen molar-refractivity contribution in [2.24, 2.45) is 0 Å². The van der Waals surface area contributed by atoms with E-state index in [9.17, 15) is 9.50 Å². The molecular formula is C15H13Cl2FO. The average Bonchev–Trinajstić information content (AvgIpc) is 2.35. The number of rotatable bonds is 3. The van der Waals surface area contributed by atoms with Gasteiger partial charge in [-0.3, -0.25) is 0 Å². The maximum absolute atomic E-state index is 13.0. The van der Waals surface area contributed by atoms with E-state index >= 15 is 0 Å². The largest absolute Gasteiger partial charge is 0.388 e. The van der Waals surface area contributed by atoms with Crippen LogP contribution in [0.4, 0.5) is 4.39 Å². The van der Waals surface area contributed by atoms with E-state index in [1.807, 2.05) is 6.92 Å². The molecule has 2 aromatic rings. The van der Waals surface area contributed by atoms with Crippen LogP contribution in [0.2, 0.25) is 10.0 Å². The topological polar surface area (TPSA) is 20.2 Å². The fraction of sp³-hybridized carbons (Fsp3) is 0.200. The molecular weight excluding hydrogens is 286 g/mol. The third-order valence-corrected chi connectivity index (χ3v) is 3.61. The normalized spacial score (nSPS) is 12.5. The minimum Gasteiger partial charge on any atom is -0.388 e. The third kappa shape index (κ3) is 3.47. The van der Waals surface area contributed by atoms with E-state index < -0.39 is 6.10 Å². The van der Waals surface area contributed by atoms with Gasteiger partial charge in [-0.15, -0.1) is 0 Å². The number of aliphatic hydroxyl groups excluding tert-OH is 1. The second-order valence-corrected chi connectivity index (χ2v) is 5.30. The summed E-state index contributed by atoms with van der Waals surface area (Å²) in [6.45, 7) is 1.81. The molecule has 1 atom stereocenters. The van der Waals surface area contributed by atoms with Gasteiger partial charge >= 0.3 is 0 Å². The van der Waals surface area contributed by atoms with Crippen molar-refractivity contribution >= 4 is 23.2 Å². The Kier molecular flexibility index (Phi) is 4.46. The van der Waals surface area contributed by atoms with Crippen LogP contribution >= 0.6 is 23.2 Å². The molecule has 1 N–H and O–H groups in total. The van der Waals surface area contributed by atoms with Crippen LogP contribution in [0.3, 0.4) is 0 Å². The second-order valence-electron chi connectivity index (χ2n) is 4.46. The number of hydrogen-bond donors (Lipinski definition) is 1. The molecule has 0 saturated heterocycles. The van der Waals surface area contributed by atoms with E-state index in [2.05, 4.69) is 0 Å². The summed E-state index contributed by atoms with van der Waals surface area (Å²) < 4.78 is 13.0. The zero-order chi connectivity index (χ0) is 14.0. The first kappa shape index (κ1) is 14.3. The Hall–Kier alpha value is -1.09. The van der Waals surface area contributed by atoms with Gasteiger partial charge in [-0.1, -0.05) is 29.3 Å². The lowest BCUT2D eigenvalue weighted by Crippen LogP contribution is -2.04. The summed E-state index contributed by atoms with van der Waals surface area (Å²) in [5, 5.41) is 11.2. The maximum atomic E-state index is 13.0. The third-order valence-electron chi connectivity index (χ3n) is 3.03. The standard InChI is InChI=1S/C15H13Cl2FO/c1-9-6-12(18)4-2-10(9)7-15(19)13-8-11(16)3-5-14(13)17/h2-6,8,15,19H,7H2,1H3. The predicted octanol–water partition coefficient (Wildman–Crippen LogP) is 4.72. The molecule has 0 aliphatic rings. The van der Waals surface area contributed by atoms with Crippen LogP contribution in [0.1, 0.15) is 22.8 Å². The molecule has 0 amide bonds. The molecule has 0 radical (unpaired) electrons. The van der Waals surface area contributed by atoms with Crippen LogP contribution in [0.5, 0.6) is 0 Å². The van der Waals surface area contributed by atoms with Crippen LogP contribution < -0.4 is 0 Å². The highest BCUT2D eigenvalue weighted by molar-refractivity contribution is 6.33.